The summed E-state index contributed by atoms with van der Waals surface area (Å²) in [7, 11) is 0. The van der Waals surface area contributed by atoms with Gasteiger partial charge in [0.15, 0.2) is 5.82 Å². The van der Waals surface area contributed by atoms with E-state index < -0.39 is 5.82 Å². The van der Waals surface area contributed by atoms with E-state index in [0.29, 0.717) is 11.1 Å². The Morgan fingerprint density at radius 1 is 1.19 bits per heavy atom. The molecule has 0 aliphatic rings. The monoisotopic (exact) mass is 240 g/mol. The highest BCUT2D eigenvalue weighted by Crippen LogP contribution is 2.23. The van der Waals surface area contributed by atoms with Crippen molar-refractivity contribution in [3.8, 4) is 11.3 Å². The molecule has 0 unspecified atom stereocenters. The third-order valence-corrected chi connectivity index (χ3v) is 2.33. The smallest absolute Gasteiger partial charge is 0.223 e. The van der Waals surface area contributed by atoms with Crippen molar-refractivity contribution in [3.05, 3.63) is 46.9 Å². The molecule has 0 atom stereocenters. The summed E-state index contributed by atoms with van der Waals surface area (Å²) in [4.78, 5) is 7.28. The number of aryl methyl sites for hydroxylation is 1. The summed E-state index contributed by atoms with van der Waals surface area (Å²) < 4.78 is 26.5. The van der Waals surface area contributed by atoms with Crippen LogP contribution in [0.1, 0.15) is 5.56 Å². The normalized spacial score (nSPS) is 10.5. The molecular weight excluding hydrogens is 234 g/mol. The predicted molar refractivity (Wildman–Crippen MR) is 57.1 cm³/mol. The summed E-state index contributed by atoms with van der Waals surface area (Å²) in [6.07, 6.45) is 0.989. The lowest BCUT2D eigenvalue weighted by atomic mass is 10.1. The second-order valence-electron chi connectivity index (χ2n) is 3.30. The van der Waals surface area contributed by atoms with E-state index in [4.69, 9.17) is 11.6 Å². The SMILES string of the molecule is Cc1cc(-c2nc(Cl)ncc2F)ccc1F. The van der Waals surface area contributed by atoms with E-state index in [1.165, 1.54) is 18.2 Å². The number of nitrogens with zero attached hydrogens (tertiary/aromatic N) is 2. The average Bonchev–Trinajstić information content (AvgIpc) is 2.26. The van der Waals surface area contributed by atoms with E-state index in [9.17, 15) is 8.78 Å². The molecule has 2 aromatic rings. The van der Waals surface area contributed by atoms with Gasteiger partial charge in [0.05, 0.1) is 6.20 Å². The van der Waals surface area contributed by atoms with E-state index in [0.717, 1.165) is 6.20 Å². The maximum atomic E-state index is 13.4. The van der Waals surface area contributed by atoms with E-state index in [1.54, 1.807) is 6.92 Å². The van der Waals surface area contributed by atoms with Crippen molar-refractivity contribution in [2.45, 2.75) is 6.92 Å². The van der Waals surface area contributed by atoms with Gasteiger partial charge in [0.2, 0.25) is 5.28 Å². The number of benzene rings is 1. The maximum absolute atomic E-state index is 13.4. The average molecular weight is 241 g/mol. The molecule has 0 bridgehead atoms. The molecule has 0 spiro atoms. The Kier molecular flexibility index (Phi) is 2.83. The Bertz CT molecular complexity index is 544. The van der Waals surface area contributed by atoms with E-state index >= 15 is 0 Å². The van der Waals surface area contributed by atoms with Crippen LogP contribution in [0.2, 0.25) is 5.28 Å². The maximum Gasteiger partial charge on any atom is 0.223 e. The van der Waals surface area contributed by atoms with Crippen LogP contribution in [0, 0.1) is 18.6 Å². The molecule has 1 aromatic carbocycles. The van der Waals surface area contributed by atoms with E-state index in [2.05, 4.69) is 9.97 Å². The van der Waals surface area contributed by atoms with Gasteiger partial charge in [-0.1, -0.05) is 0 Å². The highest BCUT2D eigenvalue weighted by molar-refractivity contribution is 6.28. The van der Waals surface area contributed by atoms with Gasteiger partial charge in [0.25, 0.3) is 0 Å². The molecule has 0 amide bonds. The van der Waals surface area contributed by atoms with Crippen LogP contribution in [0.4, 0.5) is 8.78 Å². The second-order valence-corrected chi connectivity index (χ2v) is 3.64. The lowest BCUT2D eigenvalue weighted by Gasteiger charge is -2.04. The zero-order valence-electron chi connectivity index (χ0n) is 8.34. The molecule has 0 radical (unpaired) electrons. The molecule has 0 aliphatic carbocycles. The fraction of sp³-hybridized carbons (Fsp3) is 0.0909. The van der Waals surface area contributed by atoms with Gasteiger partial charge >= 0.3 is 0 Å². The Labute approximate surface area is 95.9 Å². The summed E-state index contributed by atoms with van der Waals surface area (Å²) in [5.41, 5.74) is 0.968. The van der Waals surface area contributed by atoms with Crippen molar-refractivity contribution in [2.75, 3.05) is 0 Å². The van der Waals surface area contributed by atoms with Gasteiger partial charge in [-0.2, -0.15) is 0 Å². The molecule has 0 N–H and O–H groups in total. The standard InChI is InChI=1S/C11H7ClF2N2/c1-6-4-7(2-3-8(6)13)10-9(14)5-15-11(12)16-10/h2-5H,1H3. The third-order valence-electron chi connectivity index (χ3n) is 2.15. The zero-order valence-corrected chi connectivity index (χ0v) is 9.09. The van der Waals surface area contributed by atoms with E-state index in [-0.39, 0.29) is 16.8 Å². The van der Waals surface area contributed by atoms with E-state index in [1.807, 2.05) is 0 Å². The van der Waals surface area contributed by atoms with Gasteiger partial charge in [0, 0.05) is 5.56 Å². The van der Waals surface area contributed by atoms with Crippen LogP contribution in [0.3, 0.4) is 0 Å². The van der Waals surface area contributed by atoms with Crippen LogP contribution in [-0.2, 0) is 0 Å². The molecular formula is C11H7ClF2N2. The van der Waals surface area contributed by atoms with Crippen molar-refractivity contribution in [2.24, 2.45) is 0 Å². The van der Waals surface area contributed by atoms with Crippen molar-refractivity contribution in [3.63, 3.8) is 0 Å². The molecule has 0 saturated heterocycles. The number of rotatable bonds is 1. The second kappa shape index (κ2) is 4.14. The molecule has 1 heterocycles. The first-order valence-corrected chi connectivity index (χ1v) is 4.90. The highest BCUT2D eigenvalue weighted by Gasteiger charge is 2.09. The summed E-state index contributed by atoms with van der Waals surface area (Å²) in [5.74, 6) is -0.931. The Morgan fingerprint density at radius 3 is 2.62 bits per heavy atom. The molecule has 5 heteroatoms. The minimum atomic E-state index is -0.588. The zero-order chi connectivity index (χ0) is 11.7. The molecule has 1 aromatic heterocycles. The number of halogens is 3. The first kappa shape index (κ1) is 11.0. The fourth-order valence-corrected chi connectivity index (χ4v) is 1.47. The van der Waals surface area contributed by atoms with Gasteiger partial charge in [0.1, 0.15) is 11.5 Å². The first-order valence-electron chi connectivity index (χ1n) is 4.52. The van der Waals surface area contributed by atoms with Crippen LogP contribution in [0.15, 0.2) is 24.4 Å². The van der Waals surface area contributed by atoms with Gasteiger partial charge < -0.3 is 0 Å². The van der Waals surface area contributed by atoms with Crippen molar-refractivity contribution in [1.29, 1.82) is 0 Å². The van der Waals surface area contributed by atoms with Crippen molar-refractivity contribution < 1.29 is 8.78 Å². The van der Waals surface area contributed by atoms with Crippen molar-refractivity contribution >= 4 is 11.6 Å². The molecule has 0 saturated carbocycles. The minimum Gasteiger partial charge on any atom is -0.223 e. The Morgan fingerprint density at radius 2 is 1.94 bits per heavy atom. The molecule has 16 heavy (non-hydrogen) atoms. The topological polar surface area (TPSA) is 25.8 Å². The third kappa shape index (κ3) is 2.02. The number of hydrogen-bond acceptors (Lipinski definition) is 2. The Hall–Kier alpha value is -1.55. The minimum absolute atomic E-state index is 0.0432. The Balaban J connectivity index is 2.58. The highest BCUT2D eigenvalue weighted by atomic mass is 35.5. The lowest BCUT2D eigenvalue weighted by Crippen LogP contribution is -1.93. The predicted octanol–water partition coefficient (Wildman–Crippen LogP) is 3.38. The molecule has 0 aliphatic heterocycles. The van der Waals surface area contributed by atoms with Crippen LogP contribution >= 0.6 is 11.6 Å². The fourth-order valence-electron chi connectivity index (χ4n) is 1.34. The molecule has 2 nitrogen and oxygen atoms in total. The summed E-state index contributed by atoms with van der Waals surface area (Å²) in [6.45, 7) is 1.60. The quantitative estimate of drug-likeness (QED) is 0.714. The number of aromatic nitrogens is 2. The molecule has 82 valence electrons. The largest absolute Gasteiger partial charge is 0.223 e. The summed E-state index contributed by atoms with van der Waals surface area (Å²) >= 11 is 5.57. The van der Waals surface area contributed by atoms with Crippen LogP contribution in [0.25, 0.3) is 11.3 Å². The van der Waals surface area contributed by atoms with Crippen LogP contribution in [-0.4, -0.2) is 9.97 Å². The summed E-state index contributed by atoms with van der Waals surface area (Å²) in [6, 6.07) is 4.22. The van der Waals surface area contributed by atoms with Gasteiger partial charge in [-0.05, 0) is 42.3 Å². The molecule has 2 rings (SSSR count). The van der Waals surface area contributed by atoms with Gasteiger partial charge in [-0.15, -0.1) is 0 Å². The van der Waals surface area contributed by atoms with Gasteiger partial charge in [-0.3, -0.25) is 0 Å². The van der Waals surface area contributed by atoms with Crippen LogP contribution in [0.5, 0.6) is 0 Å². The van der Waals surface area contributed by atoms with Gasteiger partial charge in [-0.25, -0.2) is 18.7 Å². The summed E-state index contributed by atoms with van der Waals surface area (Å²) in [5, 5.41) is -0.0432. The lowest BCUT2D eigenvalue weighted by molar-refractivity contribution is 0.614. The van der Waals surface area contributed by atoms with Crippen LogP contribution < -0.4 is 0 Å². The molecule has 0 fully saturated rings. The number of hydrogen-bond donors (Lipinski definition) is 0. The van der Waals surface area contributed by atoms with Crippen molar-refractivity contribution in [1.82, 2.24) is 9.97 Å². The first-order chi connectivity index (χ1) is 7.58.